The Bertz CT molecular complexity index is 447. The van der Waals surface area contributed by atoms with Crippen LogP contribution in [0.5, 0.6) is 0 Å². The highest BCUT2D eigenvalue weighted by molar-refractivity contribution is 5.33. The van der Waals surface area contributed by atoms with Gasteiger partial charge >= 0.3 is 0 Å². The zero-order chi connectivity index (χ0) is 12.4. The first-order valence-electron chi connectivity index (χ1n) is 6.56. The average molecular weight is 243 g/mol. The molecule has 0 N–H and O–H groups in total. The van der Waals surface area contributed by atoms with Crippen LogP contribution in [-0.2, 0) is 22.3 Å². The molecule has 18 heavy (non-hydrogen) atoms. The molecule has 1 aromatic carbocycles. The maximum absolute atomic E-state index is 8.80. The third kappa shape index (κ3) is 1.92. The molecule has 3 nitrogen and oxygen atoms in total. The van der Waals surface area contributed by atoms with Gasteiger partial charge in [0.1, 0.15) is 0 Å². The second kappa shape index (κ2) is 4.72. The summed E-state index contributed by atoms with van der Waals surface area (Å²) in [6.45, 7) is 1.30. The molecule has 0 radical (unpaired) electrons. The Labute approximate surface area is 107 Å². The van der Waals surface area contributed by atoms with Gasteiger partial charge in [-0.2, -0.15) is 5.26 Å². The second-order valence-corrected chi connectivity index (χ2v) is 5.04. The van der Waals surface area contributed by atoms with E-state index < -0.39 is 5.79 Å². The van der Waals surface area contributed by atoms with Crippen molar-refractivity contribution in [3.8, 4) is 6.07 Å². The first kappa shape index (κ1) is 11.7. The minimum Gasteiger partial charge on any atom is -0.347 e. The minimum atomic E-state index is -0.519. The molecule has 1 aliphatic carbocycles. The molecule has 1 aromatic rings. The summed E-state index contributed by atoms with van der Waals surface area (Å²) in [6, 6.07) is 10.7. The van der Waals surface area contributed by atoms with Crippen molar-refractivity contribution in [2.45, 2.75) is 31.5 Å². The van der Waals surface area contributed by atoms with E-state index in [0.29, 0.717) is 32.0 Å². The summed E-state index contributed by atoms with van der Waals surface area (Å²) in [7, 11) is 0. The van der Waals surface area contributed by atoms with E-state index in [0.717, 1.165) is 12.8 Å². The topological polar surface area (TPSA) is 42.2 Å². The monoisotopic (exact) mass is 243 g/mol. The maximum Gasteiger partial charge on any atom is 0.172 e. The van der Waals surface area contributed by atoms with Crippen LogP contribution in [0.3, 0.4) is 0 Å². The lowest BCUT2D eigenvalue weighted by Crippen LogP contribution is -2.39. The number of fused-ring (bicyclic) bond motifs is 1. The van der Waals surface area contributed by atoms with Crippen molar-refractivity contribution in [1.82, 2.24) is 0 Å². The lowest BCUT2D eigenvalue weighted by molar-refractivity contribution is -0.197. The van der Waals surface area contributed by atoms with E-state index in [9.17, 15) is 0 Å². The summed E-state index contributed by atoms with van der Waals surface area (Å²) < 4.78 is 11.8. The number of hydrogen-bond acceptors (Lipinski definition) is 3. The van der Waals surface area contributed by atoms with Gasteiger partial charge in [0, 0.05) is 18.8 Å². The van der Waals surface area contributed by atoms with Crippen molar-refractivity contribution >= 4 is 0 Å². The molecule has 1 fully saturated rings. The second-order valence-electron chi connectivity index (χ2n) is 5.04. The highest BCUT2D eigenvalue weighted by Crippen LogP contribution is 2.41. The smallest absolute Gasteiger partial charge is 0.172 e. The number of benzene rings is 1. The molecule has 2 aliphatic rings. The van der Waals surface area contributed by atoms with Crippen LogP contribution in [0.1, 0.15) is 24.0 Å². The summed E-state index contributed by atoms with van der Waals surface area (Å²) in [5, 5.41) is 8.80. The van der Waals surface area contributed by atoms with E-state index in [-0.39, 0.29) is 0 Å². The van der Waals surface area contributed by atoms with Crippen LogP contribution in [-0.4, -0.2) is 19.0 Å². The maximum atomic E-state index is 8.80. The molecule has 1 saturated heterocycles. The molecule has 1 heterocycles. The molecule has 3 heteroatoms. The van der Waals surface area contributed by atoms with Crippen LogP contribution in [0.15, 0.2) is 24.3 Å². The van der Waals surface area contributed by atoms with Gasteiger partial charge in [0.05, 0.1) is 19.3 Å². The van der Waals surface area contributed by atoms with Crippen molar-refractivity contribution in [3.63, 3.8) is 0 Å². The quantitative estimate of drug-likeness (QED) is 0.819. The molecule has 0 unspecified atom stereocenters. The van der Waals surface area contributed by atoms with Crippen LogP contribution >= 0.6 is 0 Å². The zero-order valence-corrected chi connectivity index (χ0v) is 10.4. The Balaban J connectivity index is 1.80. The van der Waals surface area contributed by atoms with Gasteiger partial charge < -0.3 is 9.47 Å². The van der Waals surface area contributed by atoms with Crippen molar-refractivity contribution in [3.05, 3.63) is 35.4 Å². The summed E-state index contributed by atoms with van der Waals surface area (Å²) >= 11 is 0. The molecule has 0 atom stereocenters. The highest BCUT2D eigenvalue weighted by Gasteiger charge is 2.46. The fraction of sp³-hybridized carbons (Fsp3) is 0.533. The van der Waals surface area contributed by atoms with Crippen LogP contribution in [0.25, 0.3) is 0 Å². The predicted octanol–water partition coefficient (Wildman–Crippen LogP) is 2.45. The molecule has 0 saturated carbocycles. The van der Waals surface area contributed by atoms with E-state index in [4.69, 9.17) is 14.7 Å². The Hall–Kier alpha value is -1.37. The Kier molecular flexibility index (Phi) is 3.07. The van der Waals surface area contributed by atoms with Gasteiger partial charge in [-0.3, -0.25) is 0 Å². The van der Waals surface area contributed by atoms with E-state index in [1.165, 1.54) is 11.1 Å². The molecule has 3 rings (SSSR count). The predicted molar refractivity (Wildman–Crippen MR) is 66.8 cm³/mol. The van der Waals surface area contributed by atoms with E-state index in [1.54, 1.807) is 0 Å². The fourth-order valence-electron chi connectivity index (χ4n) is 3.15. The molecule has 1 aliphatic heterocycles. The molecule has 0 aromatic heterocycles. The van der Waals surface area contributed by atoms with E-state index >= 15 is 0 Å². The third-order valence-electron chi connectivity index (χ3n) is 4.03. The van der Waals surface area contributed by atoms with Crippen LogP contribution in [0.4, 0.5) is 0 Å². The number of nitriles is 1. The van der Waals surface area contributed by atoms with Crippen molar-refractivity contribution in [2.75, 3.05) is 13.2 Å². The van der Waals surface area contributed by atoms with Gasteiger partial charge in [0.25, 0.3) is 0 Å². The van der Waals surface area contributed by atoms with Crippen LogP contribution in [0.2, 0.25) is 0 Å². The van der Waals surface area contributed by atoms with Crippen LogP contribution < -0.4 is 0 Å². The molecule has 0 bridgehead atoms. The third-order valence-corrected chi connectivity index (χ3v) is 4.03. The number of ether oxygens (including phenoxy) is 2. The van der Waals surface area contributed by atoms with Gasteiger partial charge in [-0.05, 0) is 24.0 Å². The largest absolute Gasteiger partial charge is 0.347 e. The highest BCUT2D eigenvalue weighted by atomic mass is 16.7. The van der Waals surface area contributed by atoms with Crippen molar-refractivity contribution in [2.24, 2.45) is 5.92 Å². The fourth-order valence-corrected chi connectivity index (χ4v) is 3.15. The van der Waals surface area contributed by atoms with Crippen molar-refractivity contribution in [1.29, 1.82) is 5.26 Å². The molecular formula is C15H17NO2. The molecular weight excluding hydrogens is 226 g/mol. The van der Waals surface area contributed by atoms with Gasteiger partial charge in [-0.25, -0.2) is 0 Å². The Morgan fingerprint density at radius 3 is 2.33 bits per heavy atom. The molecule has 94 valence electrons. The first-order chi connectivity index (χ1) is 8.84. The standard InChI is InChI=1S/C15H17NO2/c16-7-3-6-15(17-8-9-18-15)14-10-12-4-1-2-5-13(12)11-14/h1-2,4-5,14H,3,6,8-11H2. The summed E-state index contributed by atoms with van der Waals surface area (Å²) in [5.74, 6) is -0.167. The molecule has 0 spiro atoms. The van der Waals surface area contributed by atoms with Crippen molar-refractivity contribution < 1.29 is 9.47 Å². The average Bonchev–Trinajstić information content (AvgIpc) is 3.03. The first-order valence-corrected chi connectivity index (χ1v) is 6.56. The number of hydrogen-bond donors (Lipinski definition) is 0. The zero-order valence-electron chi connectivity index (χ0n) is 10.4. The molecule has 0 amide bonds. The van der Waals surface area contributed by atoms with Crippen LogP contribution in [0, 0.1) is 17.2 Å². The summed E-state index contributed by atoms with van der Waals surface area (Å²) in [6.07, 6.45) is 3.18. The van der Waals surface area contributed by atoms with Gasteiger partial charge in [0.15, 0.2) is 5.79 Å². The van der Waals surface area contributed by atoms with Gasteiger partial charge in [0.2, 0.25) is 0 Å². The summed E-state index contributed by atoms with van der Waals surface area (Å²) in [4.78, 5) is 0. The van der Waals surface area contributed by atoms with Gasteiger partial charge in [-0.1, -0.05) is 24.3 Å². The summed E-state index contributed by atoms with van der Waals surface area (Å²) in [5.41, 5.74) is 2.80. The normalized spacial score (nSPS) is 21.7. The van der Waals surface area contributed by atoms with E-state index in [2.05, 4.69) is 30.3 Å². The van der Waals surface area contributed by atoms with Gasteiger partial charge in [-0.15, -0.1) is 0 Å². The number of rotatable bonds is 3. The van der Waals surface area contributed by atoms with E-state index in [1.807, 2.05) is 0 Å². The minimum absolute atomic E-state index is 0.353. The SMILES string of the molecule is N#CCCC1(C2Cc3ccccc3C2)OCCO1. The Morgan fingerprint density at radius 2 is 1.78 bits per heavy atom. The Morgan fingerprint density at radius 1 is 1.17 bits per heavy atom. The number of nitrogens with zero attached hydrogens (tertiary/aromatic N) is 1. The lowest BCUT2D eigenvalue weighted by atomic mass is 9.91. The lowest BCUT2D eigenvalue weighted by Gasteiger charge is -2.32.